The average molecular weight is 259 g/mol. The SMILES string of the molecule is CC(C)C(CNC(=O)C1CSCCN1)N(C)C. The van der Waals surface area contributed by atoms with Crippen molar-refractivity contribution in [3.63, 3.8) is 0 Å². The minimum atomic E-state index is -0.0104. The van der Waals surface area contributed by atoms with Crippen molar-refractivity contribution >= 4 is 17.7 Å². The summed E-state index contributed by atoms with van der Waals surface area (Å²) in [6.07, 6.45) is 0. The first-order valence-electron chi connectivity index (χ1n) is 6.27. The van der Waals surface area contributed by atoms with Crippen molar-refractivity contribution in [2.45, 2.75) is 25.9 Å². The molecule has 0 aromatic carbocycles. The number of carbonyl (C=O) groups excluding carboxylic acids is 1. The van der Waals surface area contributed by atoms with Crippen LogP contribution in [0.3, 0.4) is 0 Å². The number of carbonyl (C=O) groups is 1. The third-order valence-electron chi connectivity index (χ3n) is 3.16. The Bertz CT molecular complexity index is 232. The smallest absolute Gasteiger partial charge is 0.238 e. The lowest BCUT2D eigenvalue weighted by Crippen LogP contribution is -2.52. The van der Waals surface area contributed by atoms with Gasteiger partial charge in [-0.3, -0.25) is 4.79 Å². The first kappa shape index (κ1) is 14.8. The molecule has 0 aliphatic carbocycles. The van der Waals surface area contributed by atoms with Gasteiger partial charge in [0.05, 0.1) is 6.04 Å². The molecule has 4 nitrogen and oxygen atoms in total. The van der Waals surface area contributed by atoms with Crippen LogP contribution in [0.5, 0.6) is 0 Å². The Balaban J connectivity index is 2.35. The van der Waals surface area contributed by atoms with E-state index in [-0.39, 0.29) is 11.9 Å². The summed E-state index contributed by atoms with van der Waals surface area (Å²) in [7, 11) is 4.12. The highest BCUT2D eigenvalue weighted by atomic mass is 32.2. The number of amides is 1. The molecule has 2 atom stereocenters. The minimum absolute atomic E-state index is 0.0104. The fourth-order valence-corrected chi connectivity index (χ4v) is 3.01. The topological polar surface area (TPSA) is 44.4 Å². The maximum Gasteiger partial charge on any atom is 0.238 e. The van der Waals surface area contributed by atoms with E-state index in [0.717, 1.165) is 24.6 Å². The van der Waals surface area contributed by atoms with E-state index in [2.05, 4.69) is 43.5 Å². The average Bonchev–Trinajstić information content (AvgIpc) is 2.29. The van der Waals surface area contributed by atoms with Gasteiger partial charge in [-0.05, 0) is 20.0 Å². The standard InChI is InChI=1S/C12H25N3OS/c1-9(2)11(15(3)4)7-14-12(16)10-8-17-6-5-13-10/h9-11,13H,5-8H2,1-4H3,(H,14,16). The Morgan fingerprint density at radius 3 is 2.71 bits per heavy atom. The lowest BCUT2D eigenvalue weighted by molar-refractivity contribution is -0.122. The van der Waals surface area contributed by atoms with Crippen LogP contribution in [0.25, 0.3) is 0 Å². The Kier molecular flexibility index (Phi) is 6.30. The van der Waals surface area contributed by atoms with Gasteiger partial charge < -0.3 is 15.5 Å². The van der Waals surface area contributed by atoms with E-state index in [9.17, 15) is 4.79 Å². The number of likely N-dealkylation sites (N-methyl/N-ethyl adjacent to an activating group) is 1. The van der Waals surface area contributed by atoms with Crippen LogP contribution in [0.15, 0.2) is 0 Å². The third-order valence-corrected chi connectivity index (χ3v) is 4.22. The molecule has 0 aromatic heterocycles. The number of hydrogen-bond acceptors (Lipinski definition) is 4. The van der Waals surface area contributed by atoms with Crippen molar-refractivity contribution in [2.75, 3.05) is 38.7 Å². The molecule has 2 unspecified atom stereocenters. The molecular formula is C12H25N3OS. The molecule has 0 aromatic rings. The minimum Gasteiger partial charge on any atom is -0.353 e. The summed E-state index contributed by atoms with van der Waals surface area (Å²) < 4.78 is 0. The molecular weight excluding hydrogens is 234 g/mol. The molecule has 0 radical (unpaired) electrons. The van der Waals surface area contributed by atoms with Crippen LogP contribution < -0.4 is 10.6 Å². The van der Waals surface area contributed by atoms with Crippen molar-refractivity contribution in [1.82, 2.24) is 15.5 Å². The largest absolute Gasteiger partial charge is 0.353 e. The Morgan fingerprint density at radius 2 is 2.24 bits per heavy atom. The highest BCUT2D eigenvalue weighted by molar-refractivity contribution is 7.99. The third kappa shape index (κ3) is 4.85. The van der Waals surface area contributed by atoms with Gasteiger partial charge in [0.1, 0.15) is 0 Å². The number of hydrogen-bond donors (Lipinski definition) is 2. The predicted molar refractivity (Wildman–Crippen MR) is 74.4 cm³/mol. The zero-order valence-electron chi connectivity index (χ0n) is 11.3. The number of thioether (sulfide) groups is 1. The lowest BCUT2D eigenvalue weighted by Gasteiger charge is -2.29. The van der Waals surface area contributed by atoms with Crippen LogP contribution >= 0.6 is 11.8 Å². The highest BCUT2D eigenvalue weighted by Crippen LogP contribution is 2.09. The molecule has 1 fully saturated rings. The molecule has 2 N–H and O–H groups in total. The molecule has 0 spiro atoms. The zero-order chi connectivity index (χ0) is 12.8. The van der Waals surface area contributed by atoms with E-state index >= 15 is 0 Å². The van der Waals surface area contributed by atoms with Crippen LogP contribution in [-0.4, -0.2) is 61.6 Å². The van der Waals surface area contributed by atoms with Crippen LogP contribution in [0.4, 0.5) is 0 Å². The number of rotatable bonds is 5. The van der Waals surface area contributed by atoms with Crippen LogP contribution in [0.2, 0.25) is 0 Å². The van der Waals surface area contributed by atoms with E-state index in [0.29, 0.717) is 12.0 Å². The monoisotopic (exact) mass is 259 g/mol. The summed E-state index contributed by atoms with van der Waals surface area (Å²) in [6.45, 7) is 6.04. The molecule has 1 saturated heterocycles. The van der Waals surface area contributed by atoms with Gasteiger partial charge in [-0.1, -0.05) is 13.8 Å². The molecule has 1 aliphatic heterocycles. The molecule has 1 rings (SSSR count). The van der Waals surface area contributed by atoms with Gasteiger partial charge in [-0.15, -0.1) is 0 Å². The Hall–Kier alpha value is -0.260. The molecule has 1 amide bonds. The lowest BCUT2D eigenvalue weighted by atomic mass is 10.0. The van der Waals surface area contributed by atoms with E-state index in [1.165, 1.54) is 0 Å². The molecule has 0 saturated carbocycles. The van der Waals surface area contributed by atoms with Crippen molar-refractivity contribution in [1.29, 1.82) is 0 Å². The summed E-state index contributed by atoms with van der Waals surface area (Å²) in [5.41, 5.74) is 0. The van der Waals surface area contributed by atoms with Gasteiger partial charge in [-0.25, -0.2) is 0 Å². The van der Waals surface area contributed by atoms with Crippen molar-refractivity contribution in [3.8, 4) is 0 Å². The van der Waals surface area contributed by atoms with Crippen LogP contribution in [0, 0.1) is 5.92 Å². The van der Waals surface area contributed by atoms with Gasteiger partial charge in [-0.2, -0.15) is 11.8 Å². The zero-order valence-corrected chi connectivity index (χ0v) is 12.1. The molecule has 17 heavy (non-hydrogen) atoms. The molecule has 1 aliphatic rings. The van der Waals surface area contributed by atoms with E-state index < -0.39 is 0 Å². The van der Waals surface area contributed by atoms with E-state index in [1.807, 2.05) is 11.8 Å². The van der Waals surface area contributed by atoms with E-state index in [4.69, 9.17) is 0 Å². The van der Waals surface area contributed by atoms with E-state index in [1.54, 1.807) is 0 Å². The fraction of sp³-hybridized carbons (Fsp3) is 0.917. The highest BCUT2D eigenvalue weighted by Gasteiger charge is 2.22. The molecule has 100 valence electrons. The van der Waals surface area contributed by atoms with Crippen LogP contribution in [-0.2, 0) is 4.79 Å². The van der Waals surface area contributed by atoms with Gasteiger partial charge in [0.15, 0.2) is 0 Å². The first-order chi connectivity index (χ1) is 8.02. The quantitative estimate of drug-likeness (QED) is 0.750. The second-order valence-electron chi connectivity index (χ2n) is 5.10. The van der Waals surface area contributed by atoms with Gasteiger partial charge in [0.25, 0.3) is 0 Å². The Morgan fingerprint density at radius 1 is 1.53 bits per heavy atom. The predicted octanol–water partition coefficient (Wildman–Crippen LogP) is 0.394. The van der Waals surface area contributed by atoms with Gasteiger partial charge in [0, 0.05) is 30.6 Å². The number of nitrogens with zero attached hydrogens (tertiary/aromatic N) is 1. The Labute approximate surface area is 109 Å². The maximum absolute atomic E-state index is 11.9. The molecule has 0 bridgehead atoms. The second-order valence-corrected chi connectivity index (χ2v) is 6.25. The maximum atomic E-state index is 11.9. The van der Waals surface area contributed by atoms with Crippen LogP contribution in [0.1, 0.15) is 13.8 Å². The summed E-state index contributed by atoms with van der Waals surface area (Å²) in [5.74, 6) is 2.68. The van der Waals surface area contributed by atoms with Crippen molar-refractivity contribution in [2.24, 2.45) is 5.92 Å². The van der Waals surface area contributed by atoms with Gasteiger partial charge in [0.2, 0.25) is 5.91 Å². The van der Waals surface area contributed by atoms with Crippen molar-refractivity contribution in [3.05, 3.63) is 0 Å². The summed E-state index contributed by atoms with van der Waals surface area (Å²) in [5, 5.41) is 6.31. The summed E-state index contributed by atoms with van der Waals surface area (Å²) >= 11 is 1.84. The second kappa shape index (κ2) is 7.24. The molecule has 5 heteroatoms. The normalized spacial score (nSPS) is 22.8. The summed E-state index contributed by atoms with van der Waals surface area (Å²) in [6, 6.07) is 0.388. The molecule has 1 heterocycles. The fourth-order valence-electron chi connectivity index (χ4n) is 2.08. The van der Waals surface area contributed by atoms with Gasteiger partial charge >= 0.3 is 0 Å². The summed E-state index contributed by atoms with van der Waals surface area (Å²) in [4.78, 5) is 14.1. The number of nitrogens with one attached hydrogen (secondary N) is 2. The van der Waals surface area contributed by atoms with Crippen molar-refractivity contribution < 1.29 is 4.79 Å². The first-order valence-corrected chi connectivity index (χ1v) is 7.43.